The van der Waals surface area contributed by atoms with Crippen molar-refractivity contribution in [3.05, 3.63) is 47.1 Å². The van der Waals surface area contributed by atoms with Crippen molar-refractivity contribution in [2.24, 2.45) is 0 Å². The minimum atomic E-state index is -3.45. The zero-order valence-electron chi connectivity index (χ0n) is 9.03. The molecule has 0 radical (unpaired) electrons. The molecule has 1 aromatic rings. The van der Waals surface area contributed by atoms with Crippen LogP contribution in [0.2, 0.25) is 0 Å². The fraction of sp³-hybridized carbons (Fsp3) is 0.273. The van der Waals surface area contributed by atoms with Gasteiger partial charge in [0.25, 0.3) is 0 Å². The fourth-order valence-electron chi connectivity index (χ4n) is 1.23. The molecule has 0 saturated heterocycles. The van der Waals surface area contributed by atoms with E-state index in [2.05, 4.69) is 11.3 Å². The van der Waals surface area contributed by atoms with Crippen molar-refractivity contribution in [2.45, 2.75) is 19.9 Å². The van der Waals surface area contributed by atoms with E-state index >= 15 is 0 Å². The summed E-state index contributed by atoms with van der Waals surface area (Å²) in [6, 6.07) is 4.70. The summed E-state index contributed by atoms with van der Waals surface area (Å²) in [6.07, 6.45) is 0.616. The molecular formula is C11H14FNO2S. The standard InChI is InChI=1S/C11H14FNO2S/c1-3-10-6-5-9(7-11(10)12)8-13-16(14,15)4-2/h4-7,13H,2-3,8H2,1H3. The highest BCUT2D eigenvalue weighted by Gasteiger charge is 2.05. The quantitative estimate of drug-likeness (QED) is 0.859. The third kappa shape index (κ3) is 3.43. The molecule has 0 amide bonds. The molecule has 5 heteroatoms. The molecule has 3 nitrogen and oxygen atoms in total. The first-order valence-corrected chi connectivity index (χ1v) is 6.42. The second-order valence-electron chi connectivity index (χ2n) is 3.31. The summed E-state index contributed by atoms with van der Waals surface area (Å²) < 4.78 is 37.7. The molecule has 0 saturated carbocycles. The Morgan fingerprint density at radius 3 is 2.69 bits per heavy atom. The van der Waals surface area contributed by atoms with Crippen molar-refractivity contribution in [2.75, 3.05) is 0 Å². The zero-order valence-corrected chi connectivity index (χ0v) is 9.85. The van der Waals surface area contributed by atoms with E-state index in [-0.39, 0.29) is 12.4 Å². The van der Waals surface area contributed by atoms with E-state index < -0.39 is 10.0 Å². The highest BCUT2D eigenvalue weighted by Crippen LogP contribution is 2.11. The highest BCUT2D eigenvalue weighted by atomic mass is 32.2. The van der Waals surface area contributed by atoms with Crippen molar-refractivity contribution in [1.29, 1.82) is 0 Å². The summed E-state index contributed by atoms with van der Waals surface area (Å²) in [5.74, 6) is -0.308. The van der Waals surface area contributed by atoms with Crippen LogP contribution in [0.5, 0.6) is 0 Å². The van der Waals surface area contributed by atoms with Crippen LogP contribution >= 0.6 is 0 Å². The Labute approximate surface area is 95.0 Å². The van der Waals surface area contributed by atoms with Crippen LogP contribution in [0, 0.1) is 5.82 Å². The monoisotopic (exact) mass is 243 g/mol. The van der Waals surface area contributed by atoms with Gasteiger partial charge in [-0.1, -0.05) is 25.6 Å². The largest absolute Gasteiger partial charge is 0.233 e. The second-order valence-corrected chi connectivity index (χ2v) is 5.02. The molecule has 16 heavy (non-hydrogen) atoms. The van der Waals surface area contributed by atoms with Crippen LogP contribution in [-0.4, -0.2) is 8.42 Å². The molecule has 0 aliphatic heterocycles. The average molecular weight is 243 g/mol. The molecule has 0 atom stereocenters. The lowest BCUT2D eigenvalue weighted by atomic mass is 10.1. The van der Waals surface area contributed by atoms with Crippen LogP contribution in [0.15, 0.2) is 30.2 Å². The topological polar surface area (TPSA) is 46.2 Å². The van der Waals surface area contributed by atoms with Crippen LogP contribution < -0.4 is 4.72 Å². The summed E-state index contributed by atoms with van der Waals surface area (Å²) in [5, 5.41) is 0.823. The normalized spacial score (nSPS) is 11.4. The summed E-state index contributed by atoms with van der Waals surface area (Å²) >= 11 is 0. The lowest BCUT2D eigenvalue weighted by molar-refractivity contribution is 0.588. The number of aryl methyl sites for hydroxylation is 1. The van der Waals surface area contributed by atoms with E-state index in [4.69, 9.17) is 0 Å². The van der Waals surface area contributed by atoms with Gasteiger partial charge in [-0.15, -0.1) is 0 Å². The molecule has 0 unspecified atom stereocenters. The maximum absolute atomic E-state index is 13.4. The molecule has 88 valence electrons. The number of sulfonamides is 1. The first kappa shape index (κ1) is 12.9. The van der Waals surface area contributed by atoms with E-state index in [9.17, 15) is 12.8 Å². The molecule has 0 aliphatic rings. The number of rotatable bonds is 5. The van der Waals surface area contributed by atoms with E-state index in [0.717, 1.165) is 5.41 Å². The van der Waals surface area contributed by atoms with Gasteiger partial charge in [0.1, 0.15) is 5.82 Å². The van der Waals surface area contributed by atoms with Crippen molar-refractivity contribution in [3.8, 4) is 0 Å². The van der Waals surface area contributed by atoms with Gasteiger partial charge < -0.3 is 0 Å². The summed E-state index contributed by atoms with van der Waals surface area (Å²) in [6.45, 7) is 5.09. The van der Waals surface area contributed by atoms with E-state index in [1.807, 2.05) is 6.92 Å². The molecule has 1 N–H and O–H groups in total. The number of hydrogen-bond donors (Lipinski definition) is 1. The van der Waals surface area contributed by atoms with Crippen LogP contribution in [-0.2, 0) is 23.0 Å². The molecule has 1 aromatic carbocycles. The minimum Gasteiger partial charge on any atom is -0.208 e. The van der Waals surface area contributed by atoms with Gasteiger partial charge in [-0.3, -0.25) is 0 Å². The lowest BCUT2D eigenvalue weighted by Crippen LogP contribution is -2.20. The Morgan fingerprint density at radius 1 is 1.50 bits per heavy atom. The summed E-state index contributed by atoms with van der Waals surface area (Å²) in [5.41, 5.74) is 1.20. The third-order valence-corrected chi connectivity index (χ3v) is 3.18. The van der Waals surface area contributed by atoms with Crippen molar-refractivity contribution < 1.29 is 12.8 Å². The van der Waals surface area contributed by atoms with Gasteiger partial charge in [0.2, 0.25) is 10.0 Å². The average Bonchev–Trinajstić information content (AvgIpc) is 2.27. The molecule has 0 aliphatic carbocycles. The minimum absolute atomic E-state index is 0.0647. The van der Waals surface area contributed by atoms with E-state index in [1.165, 1.54) is 6.07 Å². The van der Waals surface area contributed by atoms with Crippen LogP contribution in [0.1, 0.15) is 18.1 Å². The first-order valence-electron chi connectivity index (χ1n) is 4.88. The number of benzene rings is 1. The fourth-order valence-corrected chi connectivity index (χ4v) is 1.72. The number of halogens is 1. The Balaban J connectivity index is 2.76. The maximum atomic E-state index is 13.4. The predicted octanol–water partition coefficient (Wildman–Crippen LogP) is 1.95. The van der Waals surface area contributed by atoms with Gasteiger partial charge in [0.05, 0.1) is 0 Å². The molecule has 0 spiro atoms. The van der Waals surface area contributed by atoms with Gasteiger partial charge in [-0.05, 0) is 23.6 Å². The van der Waals surface area contributed by atoms with E-state index in [0.29, 0.717) is 17.5 Å². The van der Waals surface area contributed by atoms with Gasteiger partial charge in [0, 0.05) is 12.0 Å². The highest BCUT2D eigenvalue weighted by molar-refractivity contribution is 7.92. The number of nitrogens with one attached hydrogen (secondary N) is 1. The van der Waals surface area contributed by atoms with Crippen molar-refractivity contribution in [1.82, 2.24) is 4.72 Å². The number of hydrogen-bond acceptors (Lipinski definition) is 2. The molecular weight excluding hydrogens is 229 g/mol. The molecule has 1 rings (SSSR count). The van der Waals surface area contributed by atoms with Crippen molar-refractivity contribution in [3.63, 3.8) is 0 Å². The van der Waals surface area contributed by atoms with Crippen LogP contribution in [0.25, 0.3) is 0 Å². The molecule has 0 heterocycles. The SMILES string of the molecule is C=CS(=O)(=O)NCc1ccc(CC)c(F)c1. The second kappa shape index (κ2) is 5.23. The molecule has 0 bridgehead atoms. The smallest absolute Gasteiger partial charge is 0.208 e. The Bertz CT molecular complexity index is 483. The van der Waals surface area contributed by atoms with Gasteiger partial charge in [0.15, 0.2) is 0 Å². The Morgan fingerprint density at radius 2 is 2.19 bits per heavy atom. The Kier molecular flexibility index (Phi) is 4.20. The lowest BCUT2D eigenvalue weighted by Gasteiger charge is -2.05. The van der Waals surface area contributed by atoms with E-state index in [1.54, 1.807) is 12.1 Å². The molecule has 0 fully saturated rings. The van der Waals surface area contributed by atoms with Gasteiger partial charge >= 0.3 is 0 Å². The molecule has 0 aromatic heterocycles. The third-order valence-electron chi connectivity index (χ3n) is 2.20. The van der Waals surface area contributed by atoms with Crippen molar-refractivity contribution >= 4 is 10.0 Å². The van der Waals surface area contributed by atoms with Gasteiger partial charge in [-0.2, -0.15) is 0 Å². The van der Waals surface area contributed by atoms with Gasteiger partial charge in [-0.25, -0.2) is 17.5 Å². The Hall–Kier alpha value is -1.20. The first-order chi connectivity index (χ1) is 7.48. The summed E-state index contributed by atoms with van der Waals surface area (Å²) in [7, 11) is -3.45. The summed E-state index contributed by atoms with van der Waals surface area (Å²) in [4.78, 5) is 0. The predicted molar refractivity (Wildman–Crippen MR) is 61.7 cm³/mol. The zero-order chi connectivity index (χ0) is 12.2. The van der Waals surface area contributed by atoms with Crippen LogP contribution in [0.4, 0.5) is 4.39 Å². The van der Waals surface area contributed by atoms with Crippen LogP contribution in [0.3, 0.4) is 0 Å². The maximum Gasteiger partial charge on any atom is 0.233 e.